The highest BCUT2D eigenvalue weighted by Crippen LogP contribution is 2.34. The number of carbonyl (C=O) groups is 2. The lowest BCUT2D eigenvalue weighted by Gasteiger charge is -2.39. The van der Waals surface area contributed by atoms with Crippen LogP contribution in [0.5, 0.6) is 0 Å². The smallest absolute Gasteiger partial charge is 0.308 e. The summed E-state index contributed by atoms with van der Waals surface area (Å²) in [6.45, 7) is 13.2. The molecular weight excluding hydrogens is 521 g/mol. The fraction of sp³-hybridized carbons (Fsp3) is 0.412. The second-order valence-corrected chi connectivity index (χ2v) is 12.2. The number of nitrogens with zero attached hydrogens (tertiary/aromatic N) is 1. The molecule has 41 heavy (non-hydrogen) atoms. The van der Waals surface area contributed by atoms with Crippen LogP contribution in [0.25, 0.3) is 17.5 Å². The molecule has 218 valence electrons. The molecule has 2 heterocycles. The molecule has 2 aromatic carbocycles. The molecule has 0 unspecified atom stereocenters. The van der Waals surface area contributed by atoms with E-state index in [9.17, 15) is 14.0 Å². The van der Waals surface area contributed by atoms with Crippen molar-refractivity contribution in [2.24, 2.45) is 0 Å². The average Bonchev–Trinajstić information content (AvgIpc) is 3.25. The standard InChI is InChI=1S/C34H40FNO5/c1-22(2)31-28(32(38)24-11-9-8-10-12-24)21-29(23-13-15-25(35)16-14-23)36(31)18-17-26-19-27(40-34(6,7)39-26)20-30(37)41-33(3,4)5/h8-18,21-22,26-27H,19-20H2,1-7H3/b18-17+/t26-,27-/m1/s1. The van der Waals surface area contributed by atoms with Gasteiger partial charge >= 0.3 is 5.97 Å². The topological polar surface area (TPSA) is 66.8 Å². The maximum Gasteiger partial charge on any atom is 0.308 e. The van der Waals surface area contributed by atoms with Crippen LogP contribution in [-0.2, 0) is 19.0 Å². The van der Waals surface area contributed by atoms with Gasteiger partial charge in [-0.3, -0.25) is 9.59 Å². The largest absolute Gasteiger partial charge is 0.460 e. The number of hydrogen-bond acceptors (Lipinski definition) is 5. The minimum atomic E-state index is -0.911. The maximum atomic E-state index is 13.8. The van der Waals surface area contributed by atoms with Gasteiger partial charge in [-0.25, -0.2) is 4.39 Å². The number of hydrogen-bond donors (Lipinski definition) is 0. The second-order valence-electron chi connectivity index (χ2n) is 12.2. The van der Waals surface area contributed by atoms with Gasteiger partial charge in [0.25, 0.3) is 0 Å². The van der Waals surface area contributed by atoms with Crippen molar-refractivity contribution in [3.63, 3.8) is 0 Å². The molecule has 1 saturated heterocycles. The molecule has 1 aliphatic rings. The Morgan fingerprint density at radius 2 is 1.73 bits per heavy atom. The van der Waals surface area contributed by atoms with Crippen molar-refractivity contribution < 1.29 is 28.2 Å². The fourth-order valence-corrected chi connectivity index (χ4v) is 5.20. The van der Waals surface area contributed by atoms with Crippen molar-refractivity contribution in [1.29, 1.82) is 0 Å². The summed E-state index contributed by atoms with van der Waals surface area (Å²) in [4.78, 5) is 26.2. The monoisotopic (exact) mass is 561 g/mol. The lowest BCUT2D eigenvalue weighted by molar-refractivity contribution is -0.290. The molecular formula is C34H40FNO5. The molecule has 6 nitrogen and oxygen atoms in total. The van der Waals surface area contributed by atoms with Crippen LogP contribution >= 0.6 is 0 Å². The van der Waals surface area contributed by atoms with Gasteiger partial charge in [-0.2, -0.15) is 0 Å². The summed E-state index contributed by atoms with van der Waals surface area (Å²) in [6.07, 6.45) is 3.67. The summed E-state index contributed by atoms with van der Waals surface area (Å²) < 4.78 is 33.6. The first-order valence-electron chi connectivity index (χ1n) is 14.1. The first-order chi connectivity index (χ1) is 19.2. The Balaban J connectivity index is 1.72. The van der Waals surface area contributed by atoms with Crippen molar-refractivity contribution in [2.45, 2.75) is 90.8 Å². The molecule has 0 bridgehead atoms. The van der Waals surface area contributed by atoms with E-state index in [2.05, 4.69) is 0 Å². The third-order valence-electron chi connectivity index (χ3n) is 6.69. The quantitative estimate of drug-likeness (QED) is 0.208. The second kappa shape index (κ2) is 12.1. The molecule has 0 radical (unpaired) electrons. The molecule has 4 rings (SSSR count). The minimum Gasteiger partial charge on any atom is -0.460 e. The summed E-state index contributed by atoms with van der Waals surface area (Å²) in [7, 11) is 0. The highest BCUT2D eigenvalue weighted by Gasteiger charge is 2.36. The lowest BCUT2D eigenvalue weighted by atomic mass is 9.98. The first-order valence-corrected chi connectivity index (χ1v) is 14.1. The minimum absolute atomic E-state index is 0.00322. The molecule has 1 aliphatic heterocycles. The highest BCUT2D eigenvalue weighted by molar-refractivity contribution is 6.10. The third-order valence-corrected chi connectivity index (χ3v) is 6.69. The van der Waals surface area contributed by atoms with Crippen molar-refractivity contribution in [3.8, 4) is 11.3 Å². The summed E-state index contributed by atoms with van der Waals surface area (Å²) in [5.74, 6) is -1.64. The predicted octanol–water partition coefficient (Wildman–Crippen LogP) is 7.76. The number of esters is 1. The number of ether oxygens (including phenoxy) is 3. The van der Waals surface area contributed by atoms with Crippen LogP contribution in [0.4, 0.5) is 4.39 Å². The van der Waals surface area contributed by atoms with Crippen LogP contribution < -0.4 is 0 Å². The molecule has 0 aliphatic carbocycles. The molecule has 1 aromatic heterocycles. The van der Waals surface area contributed by atoms with Crippen molar-refractivity contribution in [1.82, 2.24) is 4.57 Å². The van der Waals surface area contributed by atoms with Gasteiger partial charge in [0.15, 0.2) is 11.6 Å². The van der Waals surface area contributed by atoms with Gasteiger partial charge in [-0.05, 0) is 82.5 Å². The van der Waals surface area contributed by atoms with Crippen LogP contribution in [0.1, 0.15) is 88.8 Å². The molecule has 0 saturated carbocycles. The van der Waals surface area contributed by atoms with Gasteiger partial charge in [0, 0.05) is 29.4 Å². The van der Waals surface area contributed by atoms with Crippen LogP contribution in [0, 0.1) is 5.82 Å². The number of carbonyl (C=O) groups excluding carboxylic acids is 2. The number of ketones is 1. The number of benzene rings is 2. The Morgan fingerprint density at radius 1 is 1.07 bits per heavy atom. The van der Waals surface area contributed by atoms with Crippen LogP contribution in [0.2, 0.25) is 0 Å². The number of halogens is 1. The molecule has 2 atom stereocenters. The molecule has 7 heteroatoms. The van der Waals surface area contributed by atoms with Crippen LogP contribution in [0.3, 0.4) is 0 Å². The van der Waals surface area contributed by atoms with Crippen molar-refractivity contribution in [2.75, 3.05) is 0 Å². The van der Waals surface area contributed by atoms with Gasteiger partial charge in [0.1, 0.15) is 11.4 Å². The van der Waals surface area contributed by atoms with Gasteiger partial charge in [0.05, 0.1) is 24.3 Å². The SMILES string of the molecule is CC(C)c1c(C(=O)c2ccccc2)cc(-c2ccc(F)cc2)n1/C=C/[C@@H]1C[C@H](CC(=O)OC(C)(C)C)OC(C)(C)O1. The van der Waals surface area contributed by atoms with E-state index < -0.39 is 11.4 Å². The Morgan fingerprint density at radius 3 is 2.34 bits per heavy atom. The van der Waals surface area contributed by atoms with E-state index in [1.54, 1.807) is 24.3 Å². The zero-order valence-corrected chi connectivity index (χ0v) is 24.9. The zero-order valence-electron chi connectivity index (χ0n) is 24.9. The summed E-state index contributed by atoms with van der Waals surface area (Å²) >= 11 is 0. The van der Waals surface area contributed by atoms with E-state index in [0.29, 0.717) is 17.5 Å². The molecule has 1 fully saturated rings. The molecule has 0 amide bonds. The predicted molar refractivity (Wildman–Crippen MR) is 158 cm³/mol. The summed E-state index contributed by atoms with van der Waals surface area (Å²) in [5.41, 5.74) is 2.99. The molecule has 0 spiro atoms. The van der Waals surface area contributed by atoms with Gasteiger partial charge in [-0.1, -0.05) is 44.2 Å². The Labute approximate surface area is 242 Å². The van der Waals surface area contributed by atoms with E-state index in [4.69, 9.17) is 14.2 Å². The Kier molecular flexibility index (Phi) is 9.00. The highest BCUT2D eigenvalue weighted by atomic mass is 19.1. The first kappa shape index (κ1) is 30.4. The summed E-state index contributed by atoms with van der Waals surface area (Å²) in [6, 6.07) is 17.3. The van der Waals surface area contributed by atoms with Crippen LogP contribution in [0.15, 0.2) is 66.7 Å². The molecule has 3 aromatic rings. The third kappa shape index (κ3) is 7.80. The van der Waals surface area contributed by atoms with Gasteiger partial charge < -0.3 is 18.8 Å². The maximum absolute atomic E-state index is 13.8. The zero-order chi connectivity index (χ0) is 29.9. The average molecular weight is 562 g/mol. The van der Waals surface area contributed by atoms with Crippen LogP contribution in [-0.4, -0.2) is 39.9 Å². The normalized spacial score (nSPS) is 19.0. The van der Waals surface area contributed by atoms with Gasteiger partial charge in [0.2, 0.25) is 0 Å². The number of aromatic nitrogens is 1. The Bertz CT molecular complexity index is 1400. The number of rotatable bonds is 8. The van der Waals surface area contributed by atoms with Crippen molar-refractivity contribution >= 4 is 18.0 Å². The van der Waals surface area contributed by atoms with E-state index in [1.807, 2.05) is 89.6 Å². The summed E-state index contributed by atoms with van der Waals surface area (Å²) in [5, 5.41) is 0. The van der Waals surface area contributed by atoms with E-state index in [1.165, 1.54) is 12.1 Å². The molecule has 0 N–H and O–H groups in total. The van der Waals surface area contributed by atoms with E-state index in [0.717, 1.165) is 17.0 Å². The van der Waals surface area contributed by atoms with Gasteiger partial charge in [-0.15, -0.1) is 0 Å². The fourth-order valence-electron chi connectivity index (χ4n) is 5.20. The van der Waals surface area contributed by atoms with E-state index in [-0.39, 0.29) is 42.1 Å². The lowest BCUT2D eigenvalue weighted by Crippen LogP contribution is -2.45. The van der Waals surface area contributed by atoms with Crippen molar-refractivity contribution in [3.05, 3.63) is 89.4 Å². The van der Waals surface area contributed by atoms with E-state index >= 15 is 0 Å². The Hall–Kier alpha value is -3.55.